The molecule has 0 amide bonds. The van der Waals surface area contributed by atoms with Crippen LogP contribution in [0.5, 0.6) is 0 Å². The van der Waals surface area contributed by atoms with Crippen LogP contribution in [-0.4, -0.2) is 13.0 Å². The van der Waals surface area contributed by atoms with Gasteiger partial charge in [-0.05, 0) is 0 Å². The average molecular weight is 208 g/mol. The summed E-state index contributed by atoms with van der Waals surface area (Å²) in [5.41, 5.74) is 0. The maximum Gasteiger partial charge on any atom is 1.00 e. The molecule has 13 heavy (non-hydrogen) atoms. The van der Waals surface area contributed by atoms with Crippen LogP contribution in [-0.2, 0) is 10.1 Å². The minimum Gasteiger partial charge on any atom is -0.745 e. The van der Waals surface area contributed by atoms with Crippen molar-refractivity contribution in [2.45, 2.75) is 0 Å². The number of hydrogen-bond acceptors (Lipinski definition) is 3. The summed E-state index contributed by atoms with van der Waals surface area (Å²) < 4.78 is 28.0. The standard InChI is InChI=1S/C6H6.C2H4O3S.Na/c1-2-4-6-5-3-1;1-2-6(3,4)5;/h1-6H;2H,1H2,(H,3,4,5);/q;;+1/p-1. The topological polar surface area (TPSA) is 57.2 Å². The quantitative estimate of drug-likeness (QED) is 0.411. The van der Waals surface area contributed by atoms with E-state index in [0.717, 1.165) is 0 Å². The smallest absolute Gasteiger partial charge is 0.745 e. The molecule has 0 aliphatic rings. The maximum atomic E-state index is 9.33. The Bertz CT molecular complexity index is 269. The second-order valence-corrected chi connectivity index (χ2v) is 3.13. The number of benzene rings is 1. The predicted octanol–water partition coefficient (Wildman–Crippen LogP) is -1.63. The van der Waals surface area contributed by atoms with Crippen molar-refractivity contribution in [3.8, 4) is 0 Å². The van der Waals surface area contributed by atoms with Gasteiger partial charge in [-0.25, -0.2) is 8.42 Å². The molecule has 0 unspecified atom stereocenters. The van der Waals surface area contributed by atoms with Gasteiger partial charge in [0.15, 0.2) is 0 Å². The van der Waals surface area contributed by atoms with E-state index in [9.17, 15) is 13.0 Å². The zero-order valence-corrected chi connectivity index (χ0v) is 10.2. The van der Waals surface area contributed by atoms with Crippen molar-refractivity contribution < 1.29 is 42.5 Å². The molecule has 0 fully saturated rings. The first-order valence-corrected chi connectivity index (χ1v) is 4.62. The first-order chi connectivity index (χ1) is 5.56. The summed E-state index contributed by atoms with van der Waals surface area (Å²) in [4.78, 5) is 0. The van der Waals surface area contributed by atoms with E-state index in [1.165, 1.54) is 0 Å². The number of hydrogen-bond donors (Lipinski definition) is 0. The van der Waals surface area contributed by atoms with Crippen LogP contribution in [0.4, 0.5) is 0 Å². The molecule has 0 heterocycles. The van der Waals surface area contributed by atoms with Gasteiger partial charge in [-0.1, -0.05) is 43.0 Å². The van der Waals surface area contributed by atoms with Crippen LogP contribution in [0.3, 0.4) is 0 Å². The summed E-state index contributed by atoms with van der Waals surface area (Å²) >= 11 is 0. The summed E-state index contributed by atoms with van der Waals surface area (Å²) in [6.07, 6.45) is 0. The summed E-state index contributed by atoms with van der Waals surface area (Å²) in [6.45, 7) is 2.73. The van der Waals surface area contributed by atoms with Gasteiger partial charge in [-0.3, -0.25) is 0 Å². The van der Waals surface area contributed by atoms with Crippen LogP contribution in [0.1, 0.15) is 0 Å². The normalized spacial score (nSPS) is 8.69. The Morgan fingerprint density at radius 1 is 1.00 bits per heavy atom. The molecule has 5 heteroatoms. The molecule has 66 valence electrons. The molecule has 0 aliphatic carbocycles. The minimum atomic E-state index is -4.15. The van der Waals surface area contributed by atoms with Crippen LogP contribution in [0.25, 0.3) is 0 Å². The fourth-order valence-electron chi connectivity index (χ4n) is 0.385. The molecule has 0 bridgehead atoms. The Labute approximate surface area is 101 Å². The molecule has 1 rings (SSSR count). The Hall–Kier alpha value is -0.130. The van der Waals surface area contributed by atoms with Crippen LogP contribution < -0.4 is 29.6 Å². The van der Waals surface area contributed by atoms with Gasteiger partial charge in [0.05, 0.1) is 0 Å². The third kappa shape index (κ3) is 14.7. The first kappa shape index (κ1) is 15.3. The van der Waals surface area contributed by atoms with E-state index in [0.29, 0.717) is 5.41 Å². The molecule has 0 spiro atoms. The molecule has 0 N–H and O–H groups in total. The largest absolute Gasteiger partial charge is 1.00 e. The first-order valence-electron chi connectivity index (χ1n) is 3.14. The second kappa shape index (κ2) is 8.47. The monoisotopic (exact) mass is 208 g/mol. The SMILES string of the molecule is C=CS(=O)(=O)[O-].[Na+].c1ccccc1. The van der Waals surface area contributed by atoms with Crippen molar-refractivity contribution in [1.29, 1.82) is 0 Å². The van der Waals surface area contributed by atoms with E-state index < -0.39 is 10.1 Å². The van der Waals surface area contributed by atoms with E-state index in [2.05, 4.69) is 6.58 Å². The van der Waals surface area contributed by atoms with Gasteiger partial charge in [0.25, 0.3) is 0 Å². The zero-order valence-electron chi connectivity index (χ0n) is 7.38. The second-order valence-electron chi connectivity index (χ2n) is 1.81. The van der Waals surface area contributed by atoms with Crippen molar-refractivity contribution >= 4 is 10.1 Å². The fraction of sp³-hybridized carbons (Fsp3) is 0. The molecule has 1 aromatic carbocycles. The van der Waals surface area contributed by atoms with E-state index in [1.54, 1.807) is 0 Å². The molecule has 0 saturated carbocycles. The van der Waals surface area contributed by atoms with Crippen molar-refractivity contribution in [2.75, 3.05) is 0 Å². The predicted molar refractivity (Wildman–Crippen MR) is 46.3 cm³/mol. The fourth-order valence-corrected chi connectivity index (χ4v) is 0.385. The molecule has 0 aromatic heterocycles. The van der Waals surface area contributed by atoms with Gasteiger partial charge in [-0.15, -0.1) is 0 Å². The summed E-state index contributed by atoms with van der Waals surface area (Å²) in [5, 5.41) is 0.354. The summed E-state index contributed by atoms with van der Waals surface area (Å²) in [5.74, 6) is 0. The third-order valence-electron chi connectivity index (χ3n) is 0.871. The van der Waals surface area contributed by atoms with Gasteiger partial charge in [0, 0.05) is 5.41 Å². The molecule has 0 aliphatic heterocycles. The Morgan fingerprint density at radius 3 is 1.23 bits per heavy atom. The summed E-state index contributed by atoms with van der Waals surface area (Å²) in [7, 11) is -4.15. The van der Waals surface area contributed by atoms with E-state index in [4.69, 9.17) is 0 Å². The van der Waals surface area contributed by atoms with Crippen LogP contribution in [0.15, 0.2) is 48.4 Å². The Balaban J connectivity index is 0. The van der Waals surface area contributed by atoms with E-state index in [-0.39, 0.29) is 29.6 Å². The zero-order chi connectivity index (χ0) is 9.45. The van der Waals surface area contributed by atoms with E-state index in [1.807, 2.05) is 36.4 Å². The summed E-state index contributed by atoms with van der Waals surface area (Å²) in [6, 6.07) is 12.0. The molecule has 0 saturated heterocycles. The van der Waals surface area contributed by atoms with Crippen molar-refractivity contribution in [3.63, 3.8) is 0 Å². The van der Waals surface area contributed by atoms with Gasteiger partial charge < -0.3 is 4.55 Å². The van der Waals surface area contributed by atoms with Crippen molar-refractivity contribution in [3.05, 3.63) is 48.4 Å². The molecule has 0 radical (unpaired) electrons. The van der Waals surface area contributed by atoms with Crippen LogP contribution in [0.2, 0.25) is 0 Å². The maximum absolute atomic E-state index is 9.33. The molecule has 3 nitrogen and oxygen atoms in total. The van der Waals surface area contributed by atoms with Gasteiger partial charge in [0.2, 0.25) is 0 Å². The van der Waals surface area contributed by atoms with Gasteiger partial charge in [-0.2, -0.15) is 0 Å². The molecular weight excluding hydrogens is 199 g/mol. The van der Waals surface area contributed by atoms with Crippen LogP contribution in [0, 0.1) is 0 Å². The van der Waals surface area contributed by atoms with E-state index >= 15 is 0 Å². The Morgan fingerprint density at radius 2 is 1.15 bits per heavy atom. The molecule has 1 aromatic rings. The minimum absolute atomic E-state index is 0. The molecular formula is C8H9NaO3S. The van der Waals surface area contributed by atoms with Crippen LogP contribution >= 0.6 is 0 Å². The van der Waals surface area contributed by atoms with Crippen molar-refractivity contribution in [1.82, 2.24) is 0 Å². The van der Waals surface area contributed by atoms with Gasteiger partial charge >= 0.3 is 29.6 Å². The van der Waals surface area contributed by atoms with Crippen molar-refractivity contribution in [2.24, 2.45) is 0 Å². The third-order valence-corrected chi connectivity index (χ3v) is 1.28. The Kier molecular flexibility index (Phi) is 10.00. The number of rotatable bonds is 1. The average Bonchev–Trinajstić information content (AvgIpc) is 2.07. The van der Waals surface area contributed by atoms with Gasteiger partial charge in [0.1, 0.15) is 10.1 Å². The molecule has 0 atom stereocenters.